The second-order valence-corrected chi connectivity index (χ2v) is 4.52. The fourth-order valence-electron chi connectivity index (χ4n) is 2.24. The Kier molecular flexibility index (Phi) is 2.92. The first-order valence-electron chi connectivity index (χ1n) is 5.71. The lowest BCUT2D eigenvalue weighted by Crippen LogP contribution is -2.41. The molecule has 1 amide bonds. The van der Waals surface area contributed by atoms with E-state index in [1.807, 2.05) is 20.8 Å². The number of carbonyl (C=O) groups excluding carboxylic acids is 1. The molecule has 0 aromatic carbocycles. The molecular weight excluding hydrogens is 220 g/mol. The summed E-state index contributed by atoms with van der Waals surface area (Å²) in [5, 5.41) is 9.71. The molecule has 1 saturated heterocycles. The van der Waals surface area contributed by atoms with Gasteiger partial charge in [-0.05, 0) is 26.8 Å². The Bertz CT molecular complexity index is 434. The topological polar surface area (TPSA) is 53.7 Å². The lowest BCUT2D eigenvalue weighted by molar-refractivity contribution is -0.911. The van der Waals surface area contributed by atoms with E-state index in [4.69, 9.17) is 4.74 Å². The second kappa shape index (κ2) is 4.24. The van der Waals surface area contributed by atoms with Gasteiger partial charge in [0.15, 0.2) is 0 Å². The number of hydrogen-bond acceptors (Lipinski definition) is 3. The van der Waals surface area contributed by atoms with Crippen molar-refractivity contribution in [3.05, 3.63) is 30.1 Å². The van der Waals surface area contributed by atoms with Crippen LogP contribution in [0, 0.1) is 0 Å². The SMILES string of the molecule is CC(C)N1C(=O)O[C@H](c2cccc[n+]2O)[C@@H]1C. The van der Waals surface area contributed by atoms with Crippen LogP contribution in [0.25, 0.3) is 0 Å². The summed E-state index contributed by atoms with van der Waals surface area (Å²) in [5.74, 6) is 0. The highest BCUT2D eigenvalue weighted by Gasteiger charge is 2.45. The van der Waals surface area contributed by atoms with Crippen molar-refractivity contribution in [2.24, 2.45) is 0 Å². The molecule has 17 heavy (non-hydrogen) atoms. The first kappa shape index (κ1) is 11.7. The molecule has 1 aromatic heterocycles. The molecule has 2 heterocycles. The van der Waals surface area contributed by atoms with Crippen LogP contribution in [0.2, 0.25) is 0 Å². The molecule has 0 radical (unpaired) electrons. The summed E-state index contributed by atoms with van der Waals surface area (Å²) < 4.78 is 6.32. The van der Waals surface area contributed by atoms with Crippen LogP contribution in [0.4, 0.5) is 4.79 Å². The number of cyclic esters (lactones) is 1. The molecule has 0 aliphatic carbocycles. The molecule has 5 heteroatoms. The van der Waals surface area contributed by atoms with Gasteiger partial charge in [-0.25, -0.2) is 4.79 Å². The van der Waals surface area contributed by atoms with Gasteiger partial charge in [-0.1, -0.05) is 0 Å². The van der Waals surface area contributed by atoms with Crippen molar-refractivity contribution in [3.8, 4) is 0 Å². The first-order valence-corrected chi connectivity index (χ1v) is 5.71. The van der Waals surface area contributed by atoms with Crippen molar-refractivity contribution in [2.75, 3.05) is 0 Å². The molecule has 92 valence electrons. The molecule has 2 rings (SSSR count). The number of nitrogens with zero attached hydrogens (tertiary/aromatic N) is 2. The van der Waals surface area contributed by atoms with Gasteiger partial charge in [0.1, 0.15) is 0 Å². The van der Waals surface area contributed by atoms with Crippen LogP contribution in [0.15, 0.2) is 24.4 Å². The number of ether oxygens (including phenoxy) is 1. The average molecular weight is 237 g/mol. The molecule has 1 aromatic rings. The number of amides is 1. The van der Waals surface area contributed by atoms with Crippen LogP contribution in [-0.2, 0) is 4.74 Å². The van der Waals surface area contributed by atoms with Gasteiger partial charge in [-0.3, -0.25) is 10.1 Å². The smallest absolute Gasteiger partial charge is 0.411 e. The Morgan fingerprint density at radius 2 is 2.18 bits per heavy atom. The quantitative estimate of drug-likeness (QED) is 0.626. The summed E-state index contributed by atoms with van der Waals surface area (Å²) in [4.78, 5) is 13.4. The van der Waals surface area contributed by atoms with Gasteiger partial charge in [0.05, 0.1) is 6.04 Å². The van der Waals surface area contributed by atoms with E-state index in [0.29, 0.717) is 5.69 Å². The molecule has 0 bridgehead atoms. The lowest BCUT2D eigenvalue weighted by atomic mass is 10.1. The van der Waals surface area contributed by atoms with Gasteiger partial charge >= 0.3 is 6.09 Å². The number of carbonyl (C=O) groups is 1. The van der Waals surface area contributed by atoms with Crippen molar-refractivity contribution < 1.29 is 19.5 Å². The molecule has 0 spiro atoms. The summed E-state index contributed by atoms with van der Waals surface area (Å²) in [6.07, 6.45) is 0.756. The standard InChI is InChI=1S/C12H17N2O3/c1-8(2)14-9(3)11(17-12(14)15)10-6-4-5-7-13(10)16/h4-9,11,16H,1-3H3/q+1/t9-,11-/m0/s1. The Balaban J connectivity index is 2.31. The molecule has 1 N–H and O–H groups in total. The fraction of sp³-hybridized carbons (Fsp3) is 0.500. The molecule has 2 atom stereocenters. The largest absolute Gasteiger partial charge is 0.432 e. The minimum atomic E-state index is -0.434. The van der Waals surface area contributed by atoms with Crippen LogP contribution < -0.4 is 4.73 Å². The normalized spacial score (nSPS) is 24.2. The summed E-state index contributed by atoms with van der Waals surface area (Å²) in [6.45, 7) is 5.80. The van der Waals surface area contributed by atoms with E-state index in [0.717, 1.165) is 4.73 Å². The average Bonchev–Trinajstić information content (AvgIpc) is 2.55. The van der Waals surface area contributed by atoms with Crippen molar-refractivity contribution in [1.29, 1.82) is 0 Å². The third kappa shape index (κ3) is 1.92. The Hall–Kier alpha value is -1.78. The van der Waals surface area contributed by atoms with Crippen molar-refractivity contribution in [2.45, 2.75) is 39.0 Å². The Morgan fingerprint density at radius 1 is 1.47 bits per heavy atom. The Morgan fingerprint density at radius 3 is 2.71 bits per heavy atom. The van der Waals surface area contributed by atoms with E-state index >= 15 is 0 Å². The molecule has 5 nitrogen and oxygen atoms in total. The summed E-state index contributed by atoms with van der Waals surface area (Å²) in [7, 11) is 0. The number of pyridine rings is 1. The molecular formula is C12H17N2O3+. The van der Waals surface area contributed by atoms with Gasteiger partial charge in [0, 0.05) is 22.9 Å². The van der Waals surface area contributed by atoms with Crippen LogP contribution in [0.3, 0.4) is 0 Å². The van der Waals surface area contributed by atoms with E-state index in [9.17, 15) is 10.0 Å². The maximum Gasteiger partial charge on any atom is 0.411 e. The van der Waals surface area contributed by atoms with E-state index in [1.165, 1.54) is 6.20 Å². The predicted octanol–water partition coefficient (Wildman–Crippen LogP) is 1.50. The number of rotatable bonds is 2. The number of aromatic nitrogens is 1. The van der Waals surface area contributed by atoms with E-state index in [-0.39, 0.29) is 18.2 Å². The molecule has 0 unspecified atom stereocenters. The minimum absolute atomic E-state index is 0.0818. The van der Waals surface area contributed by atoms with E-state index < -0.39 is 6.10 Å². The zero-order valence-corrected chi connectivity index (χ0v) is 10.2. The molecule has 0 saturated carbocycles. The van der Waals surface area contributed by atoms with Crippen LogP contribution in [-0.4, -0.2) is 28.3 Å². The van der Waals surface area contributed by atoms with Gasteiger partial charge in [0.25, 0.3) is 5.69 Å². The van der Waals surface area contributed by atoms with Gasteiger partial charge in [-0.2, -0.15) is 0 Å². The monoisotopic (exact) mass is 237 g/mol. The van der Waals surface area contributed by atoms with Crippen LogP contribution in [0.1, 0.15) is 32.6 Å². The first-order chi connectivity index (χ1) is 8.02. The summed E-state index contributed by atoms with van der Waals surface area (Å²) in [5.41, 5.74) is 0.580. The number of hydrogen-bond donors (Lipinski definition) is 1. The maximum absolute atomic E-state index is 11.7. The molecule has 1 fully saturated rings. The van der Waals surface area contributed by atoms with E-state index in [1.54, 1.807) is 23.1 Å². The van der Waals surface area contributed by atoms with Crippen molar-refractivity contribution in [3.63, 3.8) is 0 Å². The highest BCUT2D eigenvalue weighted by Crippen LogP contribution is 2.31. The Labute approximate surface area is 100 Å². The second-order valence-electron chi connectivity index (χ2n) is 4.52. The summed E-state index contributed by atoms with van der Waals surface area (Å²) in [6, 6.07) is 5.26. The highest BCUT2D eigenvalue weighted by atomic mass is 16.6. The summed E-state index contributed by atoms with van der Waals surface area (Å²) >= 11 is 0. The third-order valence-electron chi connectivity index (χ3n) is 3.03. The third-order valence-corrected chi connectivity index (χ3v) is 3.03. The highest BCUT2D eigenvalue weighted by molar-refractivity contribution is 5.71. The van der Waals surface area contributed by atoms with Crippen molar-refractivity contribution >= 4 is 6.09 Å². The zero-order valence-electron chi connectivity index (χ0n) is 10.2. The van der Waals surface area contributed by atoms with Gasteiger partial charge in [-0.15, -0.1) is 0 Å². The fourth-order valence-corrected chi connectivity index (χ4v) is 2.24. The maximum atomic E-state index is 11.7. The minimum Gasteiger partial charge on any atom is -0.432 e. The van der Waals surface area contributed by atoms with Gasteiger partial charge < -0.3 is 4.74 Å². The molecule has 1 aliphatic rings. The van der Waals surface area contributed by atoms with Crippen LogP contribution in [0.5, 0.6) is 0 Å². The zero-order chi connectivity index (χ0) is 12.6. The predicted molar refractivity (Wildman–Crippen MR) is 59.5 cm³/mol. The van der Waals surface area contributed by atoms with Gasteiger partial charge in [0.2, 0.25) is 12.3 Å². The van der Waals surface area contributed by atoms with Crippen molar-refractivity contribution in [1.82, 2.24) is 4.90 Å². The van der Waals surface area contributed by atoms with E-state index in [2.05, 4.69) is 0 Å². The molecule has 1 aliphatic heterocycles. The van der Waals surface area contributed by atoms with Crippen LogP contribution >= 0.6 is 0 Å². The lowest BCUT2D eigenvalue weighted by Gasteiger charge is -2.23.